The lowest BCUT2D eigenvalue weighted by molar-refractivity contribution is -0.139. The fraction of sp³-hybridized carbons (Fsp3) is 0.444. The van der Waals surface area contributed by atoms with Crippen LogP contribution >= 0.6 is 11.6 Å². The Hall–Kier alpha value is -3.82. The number of esters is 1. The number of halogens is 2. The van der Waals surface area contributed by atoms with Crippen LogP contribution in [-0.4, -0.2) is 58.4 Å². The first-order valence-corrected chi connectivity index (χ1v) is 16.2. The number of methoxy groups -OCH3 is 2. The maximum atomic E-state index is 16.1. The minimum absolute atomic E-state index is 0.0933. The van der Waals surface area contributed by atoms with Crippen LogP contribution in [0, 0.1) is 11.7 Å². The molecule has 0 radical (unpaired) electrons. The molecule has 1 saturated carbocycles. The Kier molecular flexibility index (Phi) is 10.7. The van der Waals surface area contributed by atoms with Crippen LogP contribution < -0.4 is 24.6 Å². The summed E-state index contributed by atoms with van der Waals surface area (Å²) in [6.07, 6.45) is 3.98. The van der Waals surface area contributed by atoms with Crippen molar-refractivity contribution in [2.45, 2.75) is 64.1 Å². The number of hydrogen-bond donors (Lipinski definition) is 1. The molecule has 46 heavy (non-hydrogen) atoms. The second-order valence-corrected chi connectivity index (χ2v) is 12.9. The second-order valence-electron chi connectivity index (χ2n) is 12.5. The van der Waals surface area contributed by atoms with Gasteiger partial charge in [0.1, 0.15) is 5.82 Å². The van der Waals surface area contributed by atoms with E-state index in [2.05, 4.69) is 10.2 Å². The molecule has 1 aliphatic heterocycles. The van der Waals surface area contributed by atoms with Gasteiger partial charge in [0.05, 0.1) is 45.0 Å². The molecule has 246 valence electrons. The number of amides is 1. The maximum Gasteiger partial charge on any atom is 0.319 e. The van der Waals surface area contributed by atoms with Gasteiger partial charge in [-0.25, -0.2) is 4.39 Å². The lowest BCUT2D eigenvalue weighted by atomic mass is 9.85. The van der Waals surface area contributed by atoms with E-state index in [0.717, 1.165) is 54.6 Å². The summed E-state index contributed by atoms with van der Waals surface area (Å²) in [5.41, 5.74) is 3.41. The molecule has 5 rings (SSSR count). The number of carbonyl (C=O) groups excluding carboxylic acids is 2. The van der Waals surface area contributed by atoms with E-state index in [9.17, 15) is 9.59 Å². The molecule has 0 bridgehead atoms. The van der Waals surface area contributed by atoms with Crippen LogP contribution in [0.4, 0.5) is 15.8 Å². The van der Waals surface area contributed by atoms with E-state index in [-0.39, 0.29) is 36.6 Å². The molecular formula is C36H43ClFN3O5. The average Bonchev–Trinajstić information content (AvgIpc) is 3.04. The van der Waals surface area contributed by atoms with E-state index in [1.165, 1.54) is 13.2 Å². The lowest BCUT2D eigenvalue weighted by Crippen LogP contribution is -2.41. The summed E-state index contributed by atoms with van der Waals surface area (Å²) in [6, 6.07) is 15.9. The molecule has 1 aliphatic carbocycles. The van der Waals surface area contributed by atoms with E-state index in [1.807, 2.05) is 51.2 Å². The summed E-state index contributed by atoms with van der Waals surface area (Å²) >= 11 is 6.23. The number of anilines is 2. The minimum Gasteiger partial charge on any atom is -0.493 e. The Morgan fingerprint density at radius 2 is 1.76 bits per heavy atom. The van der Waals surface area contributed by atoms with Crippen LogP contribution in [0.2, 0.25) is 5.02 Å². The Balaban J connectivity index is 1.39. The summed E-state index contributed by atoms with van der Waals surface area (Å²) < 4.78 is 32.6. The lowest BCUT2D eigenvalue weighted by Gasteiger charge is -2.38. The van der Waals surface area contributed by atoms with Crippen LogP contribution in [-0.2, 0) is 20.7 Å². The Morgan fingerprint density at radius 1 is 1.04 bits per heavy atom. The molecule has 2 aliphatic rings. The smallest absolute Gasteiger partial charge is 0.319 e. The van der Waals surface area contributed by atoms with Crippen molar-refractivity contribution in [1.82, 2.24) is 5.32 Å². The van der Waals surface area contributed by atoms with Crippen LogP contribution in [0.3, 0.4) is 0 Å². The molecular weight excluding hydrogens is 609 g/mol. The molecule has 1 amide bonds. The zero-order chi connectivity index (χ0) is 33.0. The largest absolute Gasteiger partial charge is 0.493 e. The van der Waals surface area contributed by atoms with Crippen LogP contribution in [0.5, 0.6) is 11.5 Å². The first kappa shape index (κ1) is 33.5. The molecule has 1 heterocycles. The van der Waals surface area contributed by atoms with Gasteiger partial charge in [-0.1, -0.05) is 23.7 Å². The highest BCUT2D eigenvalue weighted by atomic mass is 35.5. The summed E-state index contributed by atoms with van der Waals surface area (Å²) in [4.78, 5) is 28.9. The standard InChI is InChI=1S/C36H43ClFN3O5/c1-22(2)46-33-19-29-25(16-32(33)44-4)17-34(42)41(36(29)24-8-10-26(37)11-9-24)31-15-14-28(18-30(31)38)40(3)21-23-6-12-27(13-7-23)39-20-35(43)45-5/h8-11,14-16,18-19,22-23,27,36,39H,6-7,12-13,17,20-21H2,1-5H3/t23-,27-,36?. The quantitative estimate of drug-likeness (QED) is 0.231. The molecule has 3 aromatic carbocycles. The summed E-state index contributed by atoms with van der Waals surface area (Å²) in [6.45, 7) is 4.89. The molecule has 10 heteroatoms. The second kappa shape index (κ2) is 14.7. The third-order valence-corrected chi connectivity index (χ3v) is 9.16. The molecule has 1 N–H and O–H groups in total. The maximum absolute atomic E-state index is 16.1. The first-order valence-electron chi connectivity index (χ1n) is 15.8. The summed E-state index contributed by atoms with van der Waals surface area (Å²) in [7, 11) is 4.94. The van der Waals surface area contributed by atoms with Gasteiger partial charge in [-0.3, -0.25) is 14.5 Å². The van der Waals surface area contributed by atoms with Gasteiger partial charge in [0.25, 0.3) is 0 Å². The van der Waals surface area contributed by atoms with Crippen molar-refractivity contribution in [1.29, 1.82) is 0 Å². The van der Waals surface area contributed by atoms with Crippen molar-refractivity contribution in [3.05, 3.63) is 82.1 Å². The molecule has 0 aromatic heterocycles. The van der Waals surface area contributed by atoms with Crippen LogP contribution in [0.25, 0.3) is 0 Å². The monoisotopic (exact) mass is 651 g/mol. The minimum atomic E-state index is -0.602. The van der Waals surface area contributed by atoms with Gasteiger partial charge >= 0.3 is 5.97 Å². The van der Waals surface area contributed by atoms with Gasteiger partial charge in [-0.15, -0.1) is 0 Å². The molecule has 0 spiro atoms. The molecule has 1 atom stereocenters. The number of benzene rings is 3. The van der Waals surface area contributed by atoms with Gasteiger partial charge in [0.2, 0.25) is 5.91 Å². The molecule has 3 aromatic rings. The van der Waals surface area contributed by atoms with Crippen molar-refractivity contribution in [3.63, 3.8) is 0 Å². The predicted molar refractivity (Wildman–Crippen MR) is 179 cm³/mol. The van der Waals surface area contributed by atoms with Gasteiger partial charge < -0.3 is 24.4 Å². The average molecular weight is 652 g/mol. The molecule has 0 saturated heterocycles. The highest BCUT2D eigenvalue weighted by molar-refractivity contribution is 6.30. The SMILES string of the molecule is COC(=O)CN[C@H]1CC[C@H](CN(C)c2ccc(N3C(=O)Cc4cc(OC)c(OC(C)C)cc4C3c3ccc(Cl)cc3)c(F)c2)CC1. The number of ether oxygens (including phenoxy) is 3. The predicted octanol–water partition coefficient (Wildman–Crippen LogP) is 6.71. The van der Waals surface area contributed by atoms with Gasteiger partial charge in [-0.2, -0.15) is 0 Å². The Morgan fingerprint density at radius 3 is 2.39 bits per heavy atom. The molecule has 1 fully saturated rings. The number of rotatable bonds is 11. The van der Waals surface area contributed by atoms with E-state index < -0.39 is 11.9 Å². The number of hydrogen-bond acceptors (Lipinski definition) is 7. The molecule has 8 nitrogen and oxygen atoms in total. The van der Waals surface area contributed by atoms with Crippen molar-refractivity contribution in [3.8, 4) is 11.5 Å². The number of carbonyl (C=O) groups is 2. The zero-order valence-electron chi connectivity index (χ0n) is 27.1. The zero-order valence-corrected chi connectivity index (χ0v) is 27.9. The fourth-order valence-corrected chi connectivity index (χ4v) is 6.71. The van der Waals surface area contributed by atoms with Crippen molar-refractivity contribution >= 4 is 34.9 Å². The van der Waals surface area contributed by atoms with E-state index in [1.54, 1.807) is 30.2 Å². The normalized spacial score (nSPS) is 19.5. The number of fused-ring (bicyclic) bond motifs is 1. The molecule has 1 unspecified atom stereocenters. The summed E-state index contributed by atoms with van der Waals surface area (Å²) in [5.74, 6) is 0.626. The number of nitrogens with one attached hydrogen (secondary N) is 1. The van der Waals surface area contributed by atoms with E-state index >= 15 is 4.39 Å². The highest BCUT2D eigenvalue weighted by Gasteiger charge is 2.37. The van der Waals surface area contributed by atoms with Crippen LogP contribution in [0.15, 0.2) is 54.6 Å². The third kappa shape index (κ3) is 7.58. The Labute approximate surface area is 275 Å². The van der Waals surface area contributed by atoms with Crippen molar-refractivity contribution < 1.29 is 28.2 Å². The van der Waals surface area contributed by atoms with Gasteiger partial charge in [0, 0.05) is 30.3 Å². The van der Waals surface area contributed by atoms with Crippen LogP contribution in [0.1, 0.15) is 62.3 Å². The fourth-order valence-electron chi connectivity index (χ4n) is 6.58. The Bertz CT molecular complexity index is 1540. The first-order chi connectivity index (χ1) is 22.1. The van der Waals surface area contributed by atoms with E-state index in [4.69, 9.17) is 25.8 Å². The van der Waals surface area contributed by atoms with E-state index in [0.29, 0.717) is 28.5 Å². The summed E-state index contributed by atoms with van der Waals surface area (Å²) in [5, 5.41) is 3.85. The van der Waals surface area contributed by atoms with Gasteiger partial charge in [-0.05, 0) is 105 Å². The van der Waals surface area contributed by atoms with Crippen molar-refractivity contribution in [2.75, 3.05) is 44.2 Å². The van der Waals surface area contributed by atoms with Crippen molar-refractivity contribution in [2.24, 2.45) is 5.92 Å². The third-order valence-electron chi connectivity index (χ3n) is 8.91. The highest BCUT2D eigenvalue weighted by Crippen LogP contribution is 2.44. The van der Waals surface area contributed by atoms with Gasteiger partial charge in [0.15, 0.2) is 11.5 Å². The number of nitrogens with zero attached hydrogens (tertiary/aromatic N) is 2. The topological polar surface area (TPSA) is 80.3 Å².